The monoisotopic (exact) mass is 340 g/mol. The van der Waals surface area contributed by atoms with E-state index in [0.717, 1.165) is 26.6 Å². The molecule has 2 nitrogen and oxygen atoms in total. The van der Waals surface area contributed by atoms with Crippen LogP contribution in [-0.4, -0.2) is 18.8 Å². The number of hydrogen-bond acceptors (Lipinski definition) is 3. The molecule has 15 heavy (non-hydrogen) atoms. The summed E-state index contributed by atoms with van der Waals surface area (Å²) in [5.41, 5.74) is 1.42. The third-order valence-corrected chi connectivity index (χ3v) is 2.85. The molecular weight excluding hydrogens is 323 g/mol. The van der Waals surface area contributed by atoms with E-state index < -0.39 is 0 Å². The molecule has 0 aliphatic carbocycles. The minimum absolute atomic E-state index is 0.862. The first kappa shape index (κ1) is 15.2. The molecule has 0 heterocycles. The molecule has 0 aromatic heterocycles. The first-order valence-corrected chi connectivity index (χ1v) is 8.11. The van der Waals surface area contributed by atoms with E-state index in [1.807, 2.05) is 0 Å². The van der Waals surface area contributed by atoms with Crippen molar-refractivity contribution in [2.75, 3.05) is 13.7 Å². The number of aliphatic hydroxyl groups excluding tert-OH is 1. The van der Waals surface area contributed by atoms with Crippen molar-refractivity contribution in [1.82, 2.24) is 0 Å². The van der Waals surface area contributed by atoms with Crippen LogP contribution in [0.4, 0.5) is 0 Å². The number of aryl methyl sites for hydroxylation is 1. The second kappa shape index (κ2) is 12.3. The van der Waals surface area contributed by atoms with Crippen LogP contribution in [0.15, 0.2) is 30.3 Å². The molecular formula is C11H17IO2S. The van der Waals surface area contributed by atoms with Gasteiger partial charge < -0.3 is 9.29 Å². The SMILES string of the molecule is CO.ISOCCCCc1ccccc1. The fourth-order valence-corrected chi connectivity index (χ4v) is 1.89. The molecule has 0 amide bonds. The Labute approximate surface area is 108 Å². The van der Waals surface area contributed by atoms with Crippen LogP contribution in [0.3, 0.4) is 0 Å². The van der Waals surface area contributed by atoms with Crippen LogP contribution in [0.2, 0.25) is 0 Å². The highest BCUT2D eigenvalue weighted by Crippen LogP contribution is 2.13. The standard InChI is InChI=1S/C10H13IOS.CH4O/c11-13-12-9-5-4-8-10-6-2-1-3-7-10;1-2/h1-3,6-7H,4-5,8-9H2;2H,1H3. The van der Waals surface area contributed by atoms with E-state index in [1.165, 1.54) is 21.2 Å². The van der Waals surface area contributed by atoms with Crippen LogP contribution in [-0.2, 0) is 10.6 Å². The number of hydrogen-bond donors (Lipinski definition) is 1. The number of halogens is 1. The van der Waals surface area contributed by atoms with Gasteiger partial charge in [0.1, 0.15) is 0 Å². The van der Waals surface area contributed by atoms with Crippen LogP contribution in [0, 0.1) is 0 Å². The molecule has 1 N–H and O–H groups in total. The van der Waals surface area contributed by atoms with Gasteiger partial charge in [0.25, 0.3) is 0 Å². The van der Waals surface area contributed by atoms with Crippen LogP contribution in [0.25, 0.3) is 0 Å². The van der Waals surface area contributed by atoms with Gasteiger partial charge in [-0.15, -0.1) is 0 Å². The molecule has 86 valence electrons. The van der Waals surface area contributed by atoms with Crippen molar-refractivity contribution >= 4 is 30.4 Å². The lowest BCUT2D eigenvalue weighted by Gasteiger charge is -2.00. The van der Waals surface area contributed by atoms with E-state index in [2.05, 4.69) is 51.5 Å². The second-order valence-corrected chi connectivity index (χ2v) is 4.27. The lowest BCUT2D eigenvalue weighted by molar-refractivity contribution is 0.365. The third kappa shape index (κ3) is 9.17. The van der Waals surface area contributed by atoms with Crippen LogP contribution in [0.5, 0.6) is 0 Å². The van der Waals surface area contributed by atoms with E-state index in [9.17, 15) is 0 Å². The van der Waals surface area contributed by atoms with E-state index in [0.29, 0.717) is 0 Å². The van der Waals surface area contributed by atoms with Crippen molar-refractivity contribution < 1.29 is 9.29 Å². The van der Waals surface area contributed by atoms with E-state index >= 15 is 0 Å². The van der Waals surface area contributed by atoms with Gasteiger partial charge in [0.2, 0.25) is 0 Å². The lowest BCUT2D eigenvalue weighted by Crippen LogP contribution is -1.89. The van der Waals surface area contributed by atoms with Gasteiger partial charge in [-0.2, -0.15) is 0 Å². The number of benzene rings is 1. The van der Waals surface area contributed by atoms with Crippen molar-refractivity contribution in [1.29, 1.82) is 0 Å². The Morgan fingerprint density at radius 1 is 1.20 bits per heavy atom. The topological polar surface area (TPSA) is 29.5 Å². The van der Waals surface area contributed by atoms with Crippen molar-refractivity contribution in [2.24, 2.45) is 0 Å². The summed E-state index contributed by atoms with van der Waals surface area (Å²) in [5.74, 6) is 0. The highest BCUT2D eigenvalue weighted by Gasteiger charge is 1.92. The Balaban J connectivity index is 0.000000921. The molecule has 1 rings (SSSR count). The zero-order valence-electron chi connectivity index (χ0n) is 8.86. The summed E-state index contributed by atoms with van der Waals surface area (Å²) in [6, 6.07) is 10.6. The minimum Gasteiger partial charge on any atom is -0.400 e. The normalized spacial score (nSPS) is 9.27. The number of rotatable bonds is 6. The predicted molar refractivity (Wildman–Crippen MR) is 75.1 cm³/mol. The maximum absolute atomic E-state index is 7.00. The molecule has 1 aromatic rings. The summed E-state index contributed by atoms with van der Waals surface area (Å²) in [4.78, 5) is 0. The molecule has 0 unspecified atom stereocenters. The van der Waals surface area contributed by atoms with Gasteiger partial charge >= 0.3 is 0 Å². The Kier molecular flexibility index (Phi) is 12.5. The summed E-state index contributed by atoms with van der Waals surface area (Å²) in [6.07, 6.45) is 3.52. The van der Waals surface area contributed by atoms with Crippen molar-refractivity contribution in [3.8, 4) is 0 Å². The fraction of sp³-hybridized carbons (Fsp3) is 0.455. The maximum atomic E-state index is 7.00. The van der Waals surface area contributed by atoms with Gasteiger partial charge in [-0.3, -0.25) is 0 Å². The van der Waals surface area contributed by atoms with Gasteiger partial charge in [-0.25, -0.2) is 0 Å². The molecule has 0 fully saturated rings. The van der Waals surface area contributed by atoms with Gasteiger partial charge in [0.05, 0.1) is 15.8 Å². The summed E-state index contributed by atoms with van der Waals surface area (Å²) in [7, 11) is 2.42. The molecule has 1 aromatic carbocycles. The summed E-state index contributed by atoms with van der Waals surface area (Å²) >= 11 is 2.15. The molecule has 0 saturated carbocycles. The fourth-order valence-electron chi connectivity index (χ4n) is 1.17. The van der Waals surface area contributed by atoms with Gasteiger partial charge in [0.15, 0.2) is 0 Å². The smallest absolute Gasteiger partial charge is 0.0650 e. The first-order valence-electron chi connectivity index (χ1n) is 4.82. The molecule has 0 atom stereocenters. The van der Waals surface area contributed by atoms with Crippen molar-refractivity contribution in [3.05, 3.63) is 35.9 Å². The van der Waals surface area contributed by atoms with Crippen LogP contribution < -0.4 is 0 Å². The lowest BCUT2D eigenvalue weighted by atomic mass is 10.1. The van der Waals surface area contributed by atoms with Crippen LogP contribution >= 0.6 is 30.4 Å². The highest BCUT2D eigenvalue weighted by atomic mass is 127. The molecule has 0 bridgehead atoms. The predicted octanol–water partition coefficient (Wildman–Crippen LogP) is 3.63. The first-order chi connectivity index (χ1) is 7.43. The molecule has 0 aliphatic heterocycles. The Morgan fingerprint density at radius 3 is 2.47 bits per heavy atom. The van der Waals surface area contributed by atoms with Gasteiger partial charge in [-0.1, -0.05) is 30.3 Å². The van der Waals surface area contributed by atoms with Crippen LogP contribution in [0.1, 0.15) is 18.4 Å². The summed E-state index contributed by atoms with van der Waals surface area (Å²) in [5, 5.41) is 7.00. The zero-order chi connectivity index (χ0) is 11.4. The Bertz CT molecular complexity index is 219. The van der Waals surface area contributed by atoms with E-state index in [1.54, 1.807) is 0 Å². The molecule has 4 heteroatoms. The van der Waals surface area contributed by atoms with Gasteiger partial charge in [-0.05, 0) is 24.8 Å². The zero-order valence-corrected chi connectivity index (χ0v) is 11.8. The quantitative estimate of drug-likeness (QED) is 0.487. The van der Waals surface area contributed by atoms with Crippen molar-refractivity contribution in [3.63, 3.8) is 0 Å². The largest absolute Gasteiger partial charge is 0.400 e. The highest BCUT2D eigenvalue weighted by molar-refractivity contribution is 14.2. The molecule has 0 spiro atoms. The average molecular weight is 340 g/mol. The molecule has 0 saturated heterocycles. The summed E-state index contributed by atoms with van der Waals surface area (Å²) in [6.45, 7) is 0.862. The van der Waals surface area contributed by atoms with E-state index in [4.69, 9.17) is 9.29 Å². The maximum Gasteiger partial charge on any atom is 0.0650 e. The minimum atomic E-state index is 0.862. The Hall–Kier alpha value is 0.220. The van der Waals surface area contributed by atoms with E-state index in [-0.39, 0.29) is 0 Å². The number of unbranched alkanes of at least 4 members (excludes halogenated alkanes) is 1. The number of aliphatic hydroxyl groups is 1. The Morgan fingerprint density at radius 2 is 1.87 bits per heavy atom. The molecule has 0 radical (unpaired) electrons. The van der Waals surface area contributed by atoms with Crippen molar-refractivity contribution in [2.45, 2.75) is 19.3 Å². The third-order valence-electron chi connectivity index (χ3n) is 1.83. The second-order valence-electron chi connectivity index (χ2n) is 2.83. The summed E-state index contributed by atoms with van der Waals surface area (Å²) < 4.78 is 5.17. The molecule has 0 aliphatic rings. The van der Waals surface area contributed by atoms with Gasteiger partial charge in [0, 0.05) is 28.3 Å². The average Bonchev–Trinajstić information content (AvgIpc) is 2.33.